The summed E-state index contributed by atoms with van der Waals surface area (Å²) in [5.74, 6) is 0.519. The number of hydrogen-bond acceptors (Lipinski definition) is 2. The van der Waals surface area contributed by atoms with E-state index in [4.69, 9.17) is 16.3 Å². The molecule has 1 aliphatic heterocycles. The molecule has 1 heterocycles. The predicted octanol–water partition coefficient (Wildman–Crippen LogP) is 2.33. The van der Waals surface area contributed by atoms with Crippen LogP contribution in [0.15, 0.2) is 24.3 Å². The average Bonchev–Trinajstić information content (AvgIpc) is 2.46. The molecule has 18 heavy (non-hydrogen) atoms. The molecule has 0 N–H and O–H groups in total. The van der Waals surface area contributed by atoms with Crippen molar-refractivity contribution in [3.8, 4) is 0 Å². The standard InChI is InChI=1S/C14H18ClNO2/c1-2-11-5-3-4-6-13(11)14(17)16-7-8-18-12(9-15)10-16/h3-6,12H,2,7-10H2,1H3. The highest BCUT2D eigenvalue weighted by atomic mass is 35.5. The Hall–Kier alpha value is -1.06. The number of carbonyl (C=O) groups excluding carboxylic acids is 1. The summed E-state index contributed by atoms with van der Waals surface area (Å²) in [4.78, 5) is 14.3. The Kier molecular flexibility index (Phi) is 4.61. The summed E-state index contributed by atoms with van der Waals surface area (Å²) in [6.07, 6.45) is 0.823. The minimum absolute atomic E-state index is 0.0434. The van der Waals surface area contributed by atoms with Crippen molar-refractivity contribution < 1.29 is 9.53 Å². The third-order valence-corrected chi connectivity index (χ3v) is 3.57. The maximum atomic E-state index is 12.5. The van der Waals surface area contributed by atoms with E-state index in [0.29, 0.717) is 25.6 Å². The van der Waals surface area contributed by atoms with Crippen molar-refractivity contribution >= 4 is 17.5 Å². The van der Waals surface area contributed by atoms with Crippen LogP contribution in [0.25, 0.3) is 0 Å². The van der Waals surface area contributed by atoms with Gasteiger partial charge in [-0.1, -0.05) is 25.1 Å². The van der Waals surface area contributed by atoms with Gasteiger partial charge in [-0.05, 0) is 18.1 Å². The van der Waals surface area contributed by atoms with Crippen LogP contribution in [0.4, 0.5) is 0 Å². The van der Waals surface area contributed by atoms with Crippen LogP contribution in [-0.2, 0) is 11.2 Å². The number of carbonyl (C=O) groups is 1. The molecule has 0 bridgehead atoms. The molecule has 98 valence electrons. The van der Waals surface area contributed by atoms with Crippen molar-refractivity contribution in [2.24, 2.45) is 0 Å². The van der Waals surface area contributed by atoms with E-state index in [2.05, 4.69) is 6.92 Å². The summed E-state index contributed by atoms with van der Waals surface area (Å²) in [6, 6.07) is 7.78. The molecule has 2 rings (SSSR count). The quantitative estimate of drug-likeness (QED) is 0.787. The number of aryl methyl sites for hydroxylation is 1. The molecule has 1 amide bonds. The molecule has 1 atom stereocenters. The lowest BCUT2D eigenvalue weighted by Gasteiger charge is -2.32. The van der Waals surface area contributed by atoms with Crippen LogP contribution in [0.5, 0.6) is 0 Å². The summed E-state index contributed by atoms with van der Waals surface area (Å²) in [5, 5.41) is 0. The second kappa shape index (κ2) is 6.21. The Morgan fingerprint density at radius 2 is 2.28 bits per heavy atom. The Morgan fingerprint density at radius 1 is 1.50 bits per heavy atom. The number of benzene rings is 1. The third kappa shape index (κ3) is 2.85. The van der Waals surface area contributed by atoms with Gasteiger partial charge in [0.15, 0.2) is 0 Å². The molecule has 1 unspecified atom stereocenters. The van der Waals surface area contributed by atoms with Gasteiger partial charge in [0.05, 0.1) is 18.6 Å². The van der Waals surface area contributed by atoms with Crippen LogP contribution in [-0.4, -0.2) is 42.5 Å². The molecule has 1 aromatic carbocycles. The first-order valence-electron chi connectivity index (χ1n) is 6.31. The number of nitrogens with zero attached hydrogens (tertiary/aromatic N) is 1. The average molecular weight is 268 g/mol. The zero-order valence-electron chi connectivity index (χ0n) is 10.6. The molecule has 3 nitrogen and oxygen atoms in total. The van der Waals surface area contributed by atoms with E-state index in [1.165, 1.54) is 0 Å². The topological polar surface area (TPSA) is 29.5 Å². The Bertz CT molecular complexity index is 422. The highest BCUT2D eigenvalue weighted by Gasteiger charge is 2.25. The van der Waals surface area contributed by atoms with Gasteiger partial charge in [-0.15, -0.1) is 11.6 Å². The fraction of sp³-hybridized carbons (Fsp3) is 0.500. The molecule has 0 radical (unpaired) electrons. The first-order chi connectivity index (χ1) is 8.76. The predicted molar refractivity (Wildman–Crippen MR) is 72.2 cm³/mol. The lowest BCUT2D eigenvalue weighted by molar-refractivity contribution is -0.0108. The molecule has 1 saturated heterocycles. The van der Waals surface area contributed by atoms with Crippen LogP contribution >= 0.6 is 11.6 Å². The van der Waals surface area contributed by atoms with Crippen LogP contribution < -0.4 is 0 Å². The third-order valence-electron chi connectivity index (χ3n) is 3.23. The summed E-state index contributed by atoms with van der Waals surface area (Å²) >= 11 is 5.79. The second-order valence-electron chi connectivity index (χ2n) is 4.41. The maximum Gasteiger partial charge on any atom is 0.254 e. The van der Waals surface area contributed by atoms with Gasteiger partial charge < -0.3 is 9.64 Å². The number of alkyl halides is 1. The zero-order chi connectivity index (χ0) is 13.0. The van der Waals surface area contributed by atoms with Crippen molar-refractivity contribution in [3.05, 3.63) is 35.4 Å². The lowest BCUT2D eigenvalue weighted by atomic mass is 10.0. The number of rotatable bonds is 3. The summed E-state index contributed by atoms with van der Waals surface area (Å²) in [5.41, 5.74) is 1.90. The first-order valence-corrected chi connectivity index (χ1v) is 6.84. The van der Waals surface area contributed by atoms with Gasteiger partial charge in [0.2, 0.25) is 0 Å². The van der Waals surface area contributed by atoms with Gasteiger partial charge in [0, 0.05) is 18.7 Å². The highest BCUT2D eigenvalue weighted by Crippen LogP contribution is 2.15. The Balaban J connectivity index is 2.15. The van der Waals surface area contributed by atoms with Crippen LogP contribution in [0.1, 0.15) is 22.8 Å². The molecule has 1 fully saturated rings. The van der Waals surface area contributed by atoms with Crippen LogP contribution in [0.3, 0.4) is 0 Å². The van der Waals surface area contributed by atoms with Crippen molar-refractivity contribution in [2.45, 2.75) is 19.4 Å². The number of ether oxygens (including phenoxy) is 1. The van der Waals surface area contributed by atoms with Crippen molar-refractivity contribution in [1.29, 1.82) is 0 Å². The Morgan fingerprint density at radius 3 is 3.00 bits per heavy atom. The number of hydrogen-bond donors (Lipinski definition) is 0. The van der Waals surface area contributed by atoms with Gasteiger partial charge >= 0.3 is 0 Å². The van der Waals surface area contributed by atoms with Gasteiger partial charge in [0.1, 0.15) is 0 Å². The van der Waals surface area contributed by atoms with Crippen LogP contribution in [0.2, 0.25) is 0 Å². The number of morpholine rings is 1. The van der Waals surface area contributed by atoms with Crippen molar-refractivity contribution in [3.63, 3.8) is 0 Å². The Labute approximate surface area is 113 Å². The first kappa shape index (κ1) is 13.4. The summed E-state index contributed by atoms with van der Waals surface area (Å²) in [7, 11) is 0. The molecule has 0 aromatic heterocycles. The largest absolute Gasteiger partial charge is 0.373 e. The smallest absolute Gasteiger partial charge is 0.254 e. The van der Waals surface area contributed by atoms with Gasteiger partial charge in [0.25, 0.3) is 5.91 Å². The monoisotopic (exact) mass is 267 g/mol. The minimum Gasteiger partial charge on any atom is -0.373 e. The maximum absolute atomic E-state index is 12.5. The van der Waals surface area contributed by atoms with E-state index in [0.717, 1.165) is 17.5 Å². The van der Waals surface area contributed by atoms with E-state index in [1.807, 2.05) is 29.2 Å². The van der Waals surface area contributed by atoms with Crippen LogP contribution in [0, 0.1) is 0 Å². The molecule has 0 aliphatic carbocycles. The van der Waals surface area contributed by atoms with Gasteiger partial charge in [-0.3, -0.25) is 4.79 Å². The fourth-order valence-electron chi connectivity index (χ4n) is 2.20. The highest BCUT2D eigenvalue weighted by molar-refractivity contribution is 6.18. The second-order valence-corrected chi connectivity index (χ2v) is 4.72. The zero-order valence-corrected chi connectivity index (χ0v) is 11.3. The molecule has 1 aliphatic rings. The number of halogens is 1. The minimum atomic E-state index is -0.0434. The molecular weight excluding hydrogens is 250 g/mol. The van der Waals surface area contributed by atoms with Gasteiger partial charge in [-0.2, -0.15) is 0 Å². The normalized spacial score (nSPS) is 19.9. The van der Waals surface area contributed by atoms with E-state index in [1.54, 1.807) is 0 Å². The molecule has 0 spiro atoms. The summed E-state index contributed by atoms with van der Waals surface area (Å²) < 4.78 is 5.47. The van der Waals surface area contributed by atoms with Gasteiger partial charge in [-0.25, -0.2) is 0 Å². The molecular formula is C14H18ClNO2. The SMILES string of the molecule is CCc1ccccc1C(=O)N1CCOC(CCl)C1. The van der Waals surface area contributed by atoms with Crippen molar-refractivity contribution in [2.75, 3.05) is 25.6 Å². The van der Waals surface area contributed by atoms with E-state index in [-0.39, 0.29) is 12.0 Å². The van der Waals surface area contributed by atoms with Crippen molar-refractivity contribution in [1.82, 2.24) is 4.90 Å². The van der Waals surface area contributed by atoms with E-state index < -0.39 is 0 Å². The number of amides is 1. The molecule has 4 heteroatoms. The van der Waals surface area contributed by atoms with E-state index >= 15 is 0 Å². The molecule has 0 saturated carbocycles. The van der Waals surface area contributed by atoms with E-state index in [9.17, 15) is 4.79 Å². The lowest BCUT2D eigenvalue weighted by Crippen LogP contribution is -2.46. The summed E-state index contributed by atoms with van der Waals surface area (Å²) in [6.45, 7) is 3.86. The fourth-order valence-corrected chi connectivity index (χ4v) is 2.39. The molecule has 1 aromatic rings.